The van der Waals surface area contributed by atoms with Crippen LogP contribution in [0, 0.1) is 0 Å². The molecule has 2 N–H and O–H groups in total. The van der Waals surface area contributed by atoms with E-state index in [-0.39, 0.29) is 17.3 Å². The lowest BCUT2D eigenvalue weighted by Gasteiger charge is -2.18. The molecule has 1 aromatic heterocycles. The smallest absolute Gasteiger partial charge is 0.359 e. The van der Waals surface area contributed by atoms with E-state index in [9.17, 15) is 22.8 Å². The average Bonchev–Trinajstić information content (AvgIpc) is 2.62. The zero-order valence-electron chi connectivity index (χ0n) is 13.6. The number of likely N-dealkylation sites (N-methyl/N-ethyl adjacent to an activating group) is 1. The fraction of sp³-hybridized carbons (Fsp3) is 0.235. The van der Waals surface area contributed by atoms with Crippen molar-refractivity contribution in [2.45, 2.75) is 12.1 Å². The summed E-state index contributed by atoms with van der Waals surface area (Å²) in [6.07, 6.45) is -3.99. The van der Waals surface area contributed by atoms with Gasteiger partial charge in [-0.25, -0.2) is 0 Å². The zero-order chi connectivity index (χ0) is 19.3. The van der Waals surface area contributed by atoms with Gasteiger partial charge in [-0.05, 0) is 18.2 Å². The summed E-state index contributed by atoms with van der Waals surface area (Å²) < 4.78 is 38.2. The first-order valence-corrected chi connectivity index (χ1v) is 7.89. The topological polar surface area (TPSA) is 71.1 Å². The molecule has 1 heterocycles. The van der Waals surface area contributed by atoms with Crippen LogP contribution in [-0.4, -0.2) is 30.4 Å². The van der Waals surface area contributed by atoms with E-state index in [4.69, 9.17) is 11.6 Å². The number of nitrogens with one attached hydrogen (secondary N) is 2. The highest BCUT2D eigenvalue weighted by molar-refractivity contribution is 6.31. The molecule has 138 valence electrons. The number of nitrogens with zero attached hydrogens (tertiary/aromatic N) is 1. The number of carbonyl (C=O) groups is 2. The fourth-order valence-electron chi connectivity index (χ4n) is 2.23. The number of pyridine rings is 1. The Kier molecular flexibility index (Phi) is 6.20. The van der Waals surface area contributed by atoms with Gasteiger partial charge in [0.25, 0.3) is 5.91 Å². The number of carbonyl (C=O) groups excluding carboxylic acids is 2. The Morgan fingerprint density at radius 2 is 1.88 bits per heavy atom. The molecule has 26 heavy (non-hydrogen) atoms. The van der Waals surface area contributed by atoms with Gasteiger partial charge in [0.1, 0.15) is 0 Å². The number of hydrogen-bond acceptors (Lipinski definition) is 3. The Morgan fingerprint density at radius 1 is 1.23 bits per heavy atom. The molecule has 2 rings (SSSR count). The van der Waals surface area contributed by atoms with Crippen LogP contribution in [0.1, 0.15) is 27.5 Å². The van der Waals surface area contributed by atoms with Gasteiger partial charge in [-0.1, -0.05) is 29.8 Å². The summed E-state index contributed by atoms with van der Waals surface area (Å²) in [5, 5.41) is 4.65. The lowest BCUT2D eigenvalue weighted by Crippen LogP contribution is -2.36. The molecule has 0 aliphatic rings. The van der Waals surface area contributed by atoms with Crippen molar-refractivity contribution < 1.29 is 22.8 Å². The summed E-state index contributed by atoms with van der Waals surface area (Å²) in [6.45, 7) is -0.175. The monoisotopic (exact) mass is 385 g/mol. The number of hydrogen-bond donors (Lipinski definition) is 2. The van der Waals surface area contributed by atoms with Crippen molar-refractivity contribution in [3.8, 4) is 0 Å². The van der Waals surface area contributed by atoms with Gasteiger partial charge in [-0.15, -0.1) is 0 Å². The zero-order valence-corrected chi connectivity index (χ0v) is 14.4. The predicted octanol–water partition coefficient (Wildman–Crippen LogP) is 3.01. The Balaban J connectivity index is 2.23. The minimum absolute atomic E-state index is 0.0487. The van der Waals surface area contributed by atoms with E-state index in [1.807, 2.05) is 0 Å². The lowest BCUT2D eigenvalue weighted by molar-refractivity contribution is -0.137. The van der Waals surface area contributed by atoms with Gasteiger partial charge in [0.15, 0.2) is 0 Å². The number of aromatic nitrogens is 1. The van der Waals surface area contributed by atoms with Crippen LogP contribution in [0.15, 0.2) is 42.6 Å². The third-order valence-corrected chi connectivity index (χ3v) is 3.90. The third-order valence-electron chi connectivity index (χ3n) is 3.59. The first-order chi connectivity index (χ1) is 12.2. The van der Waals surface area contributed by atoms with Gasteiger partial charge < -0.3 is 10.6 Å². The minimum atomic E-state index is -4.60. The van der Waals surface area contributed by atoms with Crippen molar-refractivity contribution in [3.63, 3.8) is 0 Å². The normalized spacial score (nSPS) is 12.3. The van der Waals surface area contributed by atoms with Crippen LogP contribution >= 0.6 is 11.6 Å². The van der Waals surface area contributed by atoms with Crippen LogP contribution in [0.2, 0.25) is 5.02 Å². The largest absolute Gasteiger partial charge is 0.417 e. The maximum absolute atomic E-state index is 12.7. The van der Waals surface area contributed by atoms with Crippen molar-refractivity contribution in [1.29, 1.82) is 0 Å². The van der Waals surface area contributed by atoms with E-state index in [0.717, 1.165) is 0 Å². The summed E-state index contributed by atoms with van der Waals surface area (Å²) in [7, 11) is 1.37. The van der Waals surface area contributed by atoms with Gasteiger partial charge in [-0.3, -0.25) is 14.6 Å². The van der Waals surface area contributed by atoms with Crippen molar-refractivity contribution in [2.24, 2.45) is 0 Å². The molecule has 2 aromatic rings. The lowest BCUT2D eigenvalue weighted by atomic mass is 10.0. The second-order valence-corrected chi connectivity index (χ2v) is 5.74. The van der Waals surface area contributed by atoms with Crippen LogP contribution in [-0.2, 0) is 11.0 Å². The van der Waals surface area contributed by atoms with Crippen molar-refractivity contribution in [1.82, 2.24) is 15.6 Å². The molecule has 9 heteroatoms. The standard InChI is InChI=1S/C17H15ClF3N3O2/c1-22-16(26)12(9-24-15(25)10-5-3-2-4-6-10)14-13(18)7-11(8-23-14)17(19,20)21/h2-8,12H,9H2,1H3,(H,22,26)(H,24,25). The van der Waals surface area contributed by atoms with Gasteiger partial charge in [0.2, 0.25) is 5.91 Å². The highest BCUT2D eigenvalue weighted by Gasteiger charge is 2.33. The molecule has 2 amide bonds. The number of benzene rings is 1. The quantitative estimate of drug-likeness (QED) is 0.831. The van der Waals surface area contributed by atoms with Gasteiger partial charge >= 0.3 is 6.18 Å². The second kappa shape index (κ2) is 8.18. The molecule has 0 radical (unpaired) electrons. The van der Waals surface area contributed by atoms with Crippen LogP contribution in [0.3, 0.4) is 0 Å². The Bertz CT molecular complexity index is 798. The van der Waals surface area contributed by atoms with Crippen LogP contribution in [0.4, 0.5) is 13.2 Å². The molecular formula is C17H15ClF3N3O2. The molecule has 0 saturated carbocycles. The first kappa shape index (κ1) is 19.7. The van der Waals surface area contributed by atoms with Gasteiger partial charge in [0, 0.05) is 25.4 Å². The molecule has 1 aromatic carbocycles. The van der Waals surface area contributed by atoms with Crippen LogP contribution in [0.5, 0.6) is 0 Å². The summed E-state index contributed by atoms with van der Waals surface area (Å²) in [6, 6.07) is 8.99. The van der Waals surface area contributed by atoms with Gasteiger partial charge in [-0.2, -0.15) is 13.2 Å². The number of amides is 2. The molecule has 0 aliphatic heterocycles. The summed E-state index contributed by atoms with van der Waals surface area (Å²) in [5.41, 5.74) is -0.683. The van der Waals surface area contributed by atoms with Gasteiger partial charge in [0.05, 0.1) is 22.2 Å². The summed E-state index contributed by atoms with van der Waals surface area (Å²) >= 11 is 5.91. The SMILES string of the molecule is CNC(=O)C(CNC(=O)c1ccccc1)c1ncc(C(F)(F)F)cc1Cl. The third kappa shape index (κ3) is 4.72. The molecular weight excluding hydrogens is 371 g/mol. The van der Waals surface area contributed by atoms with E-state index in [1.54, 1.807) is 30.3 Å². The van der Waals surface area contributed by atoms with E-state index in [1.165, 1.54) is 7.05 Å². The van der Waals surface area contributed by atoms with Crippen molar-refractivity contribution >= 4 is 23.4 Å². The Labute approximate surface area is 152 Å². The molecule has 0 aliphatic carbocycles. The maximum Gasteiger partial charge on any atom is 0.417 e. The van der Waals surface area contributed by atoms with Crippen molar-refractivity contribution in [3.05, 3.63) is 64.4 Å². The van der Waals surface area contributed by atoms with Crippen LogP contribution in [0.25, 0.3) is 0 Å². The molecule has 5 nitrogen and oxygen atoms in total. The van der Waals surface area contributed by atoms with E-state index < -0.39 is 29.5 Å². The van der Waals surface area contributed by atoms with E-state index in [0.29, 0.717) is 17.8 Å². The average molecular weight is 386 g/mol. The van der Waals surface area contributed by atoms with Crippen molar-refractivity contribution in [2.75, 3.05) is 13.6 Å². The van der Waals surface area contributed by atoms with E-state index in [2.05, 4.69) is 15.6 Å². The molecule has 0 saturated heterocycles. The highest BCUT2D eigenvalue weighted by atomic mass is 35.5. The second-order valence-electron chi connectivity index (χ2n) is 5.33. The number of rotatable bonds is 5. The number of alkyl halides is 3. The maximum atomic E-state index is 12.7. The van der Waals surface area contributed by atoms with Crippen LogP contribution < -0.4 is 10.6 Å². The molecule has 1 unspecified atom stereocenters. The summed E-state index contributed by atoms with van der Waals surface area (Å²) in [4.78, 5) is 27.9. The molecule has 1 atom stereocenters. The fourth-order valence-corrected chi connectivity index (χ4v) is 2.53. The summed E-state index contributed by atoms with van der Waals surface area (Å²) in [5.74, 6) is -2.00. The van der Waals surface area contributed by atoms with E-state index >= 15 is 0 Å². The Hall–Kier alpha value is -2.61. The molecule has 0 spiro atoms. The Morgan fingerprint density at radius 3 is 2.42 bits per heavy atom. The number of halogens is 4. The predicted molar refractivity (Wildman–Crippen MR) is 89.8 cm³/mol. The molecule has 0 fully saturated rings. The molecule has 0 bridgehead atoms. The highest BCUT2D eigenvalue weighted by Crippen LogP contribution is 2.32. The minimum Gasteiger partial charge on any atom is -0.359 e. The first-order valence-electron chi connectivity index (χ1n) is 7.51.